The SMILES string of the molecule is CC1(C)C(C#N)=C(SCC(=O)N(c2ccccc2)C2CCS(=O)(=O)C2)NC(=O)C1C#N. The summed E-state index contributed by atoms with van der Waals surface area (Å²) in [7, 11) is -3.20. The lowest BCUT2D eigenvalue weighted by atomic mass is 9.72. The van der Waals surface area contributed by atoms with Gasteiger partial charge in [0.2, 0.25) is 11.8 Å². The van der Waals surface area contributed by atoms with E-state index in [1.54, 1.807) is 38.1 Å². The molecule has 0 spiro atoms. The highest BCUT2D eigenvalue weighted by atomic mass is 32.2. The number of rotatable bonds is 5. The van der Waals surface area contributed by atoms with Gasteiger partial charge in [-0.2, -0.15) is 10.5 Å². The fraction of sp³-hybridized carbons (Fsp3) is 0.429. The third-order valence-electron chi connectivity index (χ3n) is 5.55. The van der Waals surface area contributed by atoms with Crippen LogP contribution >= 0.6 is 11.8 Å². The normalized spacial score (nSPS) is 24.1. The van der Waals surface area contributed by atoms with Crippen molar-refractivity contribution in [3.8, 4) is 12.1 Å². The molecule has 3 rings (SSSR count). The van der Waals surface area contributed by atoms with Gasteiger partial charge in [0.05, 0.1) is 46.0 Å². The highest BCUT2D eigenvalue weighted by molar-refractivity contribution is 8.03. The molecule has 1 fully saturated rings. The molecule has 2 heterocycles. The Morgan fingerprint density at radius 2 is 1.97 bits per heavy atom. The molecule has 2 unspecified atom stereocenters. The second kappa shape index (κ2) is 8.74. The van der Waals surface area contributed by atoms with Gasteiger partial charge in [-0.05, 0) is 18.6 Å². The number of sulfone groups is 1. The minimum Gasteiger partial charge on any atom is -0.319 e. The smallest absolute Gasteiger partial charge is 0.243 e. The highest BCUT2D eigenvalue weighted by Crippen LogP contribution is 2.42. The van der Waals surface area contributed by atoms with Crippen LogP contribution in [0.2, 0.25) is 0 Å². The average Bonchev–Trinajstić information content (AvgIpc) is 3.06. The minimum absolute atomic E-state index is 0.0327. The first-order chi connectivity index (χ1) is 14.6. The molecule has 0 radical (unpaired) electrons. The van der Waals surface area contributed by atoms with E-state index in [0.29, 0.717) is 12.1 Å². The quantitative estimate of drug-likeness (QED) is 0.713. The zero-order chi connectivity index (χ0) is 22.8. The number of carbonyl (C=O) groups is 2. The van der Waals surface area contributed by atoms with Crippen molar-refractivity contribution < 1.29 is 18.0 Å². The number of amides is 2. The molecule has 2 atom stereocenters. The van der Waals surface area contributed by atoms with Gasteiger partial charge in [-0.1, -0.05) is 43.8 Å². The first-order valence-corrected chi connectivity index (χ1v) is 12.5. The number of nitrogens with zero attached hydrogens (tertiary/aromatic N) is 3. The standard InChI is InChI=1S/C21H22N4O4S2/c1-21(2)16(10-22)19(27)24-20(17(21)11-23)30-12-18(26)25(14-6-4-3-5-7-14)15-8-9-31(28,29)13-15/h3-7,15-16H,8-9,12-13H2,1-2H3,(H,24,27). The van der Waals surface area contributed by atoms with E-state index in [0.717, 1.165) is 11.8 Å². The zero-order valence-corrected chi connectivity index (χ0v) is 18.8. The largest absolute Gasteiger partial charge is 0.319 e. The van der Waals surface area contributed by atoms with E-state index < -0.39 is 33.1 Å². The zero-order valence-electron chi connectivity index (χ0n) is 17.2. The third kappa shape index (κ3) is 4.60. The number of anilines is 1. The lowest BCUT2D eigenvalue weighted by Gasteiger charge is -2.34. The van der Waals surface area contributed by atoms with E-state index in [1.807, 2.05) is 12.1 Å². The Balaban J connectivity index is 1.86. The molecule has 1 aromatic carbocycles. The molecule has 31 heavy (non-hydrogen) atoms. The van der Waals surface area contributed by atoms with Crippen molar-refractivity contribution in [2.45, 2.75) is 26.3 Å². The van der Waals surface area contributed by atoms with Gasteiger partial charge < -0.3 is 10.2 Å². The minimum atomic E-state index is -3.20. The second-order valence-corrected chi connectivity index (χ2v) is 11.2. The molecular formula is C21H22N4O4S2. The fourth-order valence-electron chi connectivity index (χ4n) is 3.86. The van der Waals surface area contributed by atoms with Crippen LogP contribution < -0.4 is 10.2 Å². The number of nitrogens with one attached hydrogen (secondary N) is 1. The molecule has 0 aliphatic carbocycles. The predicted molar refractivity (Wildman–Crippen MR) is 117 cm³/mol. The average molecular weight is 459 g/mol. The van der Waals surface area contributed by atoms with Gasteiger partial charge in [0.15, 0.2) is 9.84 Å². The number of hydrogen-bond donors (Lipinski definition) is 1. The van der Waals surface area contributed by atoms with Gasteiger partial charge in [0.1, 0.15) is 5.92 Å². The molecule has 1 N–H and O–H groups in total. The summed E-state index contributed by atoms with van der Waals surface area (Å²) in [6.07, 6.45) is 0.355. The number of hydrogen-bond acceptors (Lipinski definition) is 7. The first kappa shape index (κ1) is 22.9. The molecule has 0 aromatic heterocycles. The van der Waals surface area contributed by atoms with Crippen molar-refractivity contribution in [2.75, 3.05) is 22.2 Å². The number of benzene rings is 1. The van der Waals surface area contributed by atoms with Gasteiger partial charge in [0.25, 0.3) is 0 Å². The number of allylic oxidation sites excluding steroid dienone is 1. The van der Waals surface area contributed by atoms with E-state index in [9.17, 15) is 28.5 Å². The van der Waals surface area contributed by atoms with Crippen LogP contribution in [-0.4, -0.2) is 43.5 Å². The summed E-state index contributed by atoms with van der Waals surface area (Å²) in [6, 6.07) is 12.4. The maximum atomic E-state index is 13.2. The summed E-state index contributed by atoms with van der Waals surface area (Å²) in [6.45, 7) is 3.31. The van der Waals surface area contributed by atoms with Crippen LogP contribution in [0.5, 0.6) is 0 Å². The molecule has 2 aliphatic rings. The Morgan fingerprint density at radius 1 is 1.29 bits per heavy atom. The summed E-state index contributed by atoms with van der Waals surface area (Å²) in [5, 5.41) is 21.8. The van der Waals surface area contributed by atoms with Gasteiger partial charge >= 0.3 is 0 Å². The Morgan fingerprint density at radius 3 is 2.52 bits per heavy atom. The van der Waals surface area contributed by atoms with Gasteiger partial charge in [-0.25, -0.2) is 8.42 Å². The number of thioether (sulfide) groups is 1. The summed E-state index contributed by atoms with van der Waals surface area (Å²) >= 11 is 1.01. The van der Waals surface area contributed by atoms with Crippen LogP contribution in [0, 0.1) is 34.0 Å². The summed E-state index contributed by atoms with van der Waals surface area (Å²) < 4.78 is 24.0. The third-order valence-corrected chi connectivity index (χ3v) is 8.29. The molecule has 10 heteroatoms. The molecule has 1 aromatic rings. The number of nitriles is 2. The summed E-state index contributed by atoms with van der Waals surface area (Å²) in [5.41, 5.74) is -0.149. The van der Waals surface area contributed by atoms with Crippen LogP contribution in [0.3, 0.4) is 0 Å². The molecule has 0 saturated carbocycles. The van der Waals surface area contributed by atoms with E-state index in [2.05, 4.69) is 11.4 Å². The molecule has 2 aliphatic heterocycles. The first-order valence-electron chi connectivity index (χ1n) is 9.66. The van der Waals surface area contributed by atoms with Gasteiger partial charge in [0, 0.05) is 11.1 Å². The van der Waals surface area contributed by atoms with Crippen molar-refractivity contribution in [2.24, 2.45) is 11.3 Å². The van der Waals surface area contributed by atoms with Crippen molar-refractivity contribution in [3.05, 3.63) is 40.9 Å². The van der Waals surface area contributed by atoms with Crippen molar-refractivity contribution in [3.63, 3.8) is 0 Å². The monoisotopic (exact) mass is 458 g/mol. The van der Waals surface area contributed by atoms with E-state index in [4.69, 9.17) is 0 Å². The van der Waals surface area contributed by atoms with Crippen molar-refractivity contribution >= 4 is 39.1 Å². The lowest BCUT2D eigenvalue weighted by molar-refractivity contribution is -0.125. The van der Waals surface area contributed by atoms with Crippen LogP contribution in [-0.2, 0) is 19.4 Å². The van der Waals surface area contributed by atoms with Crippen LogP contribution in [0.4, 0.5) is 5.69 Å². The lowest BCUT2D eigenvalue weighted by Crippen LogP contribution is -2.45. The highest BCUT2D eigenvalue weighted by Gasteiger charge is 2.45. The Kier molecular flexibility index (Phi) is 6.44. The van der Waals surface area contributed by atoms with Crippen molar-refractivity contribution in [1.82, 2.24) is 5.32 Å². The van der Waals surface area contributed by atoms with Gasteiger partial charge in [-0.15, -0.1) is 0 Å². The Bertz CT molecular complexity index is 1110. The van der Waals surface area contributed by atoms with Crippen molar-refractivity contribution in [1.29, 1.82) is 10.5 Å². The molecular weight excluding hydrogens is 436 g/mol. The van der Waals surface area contributed by atoms with E-state index in [1.165, 1.54) is 4.90 Å². The summed E-state index contributed by atoms with van der Waals surface area (Å²) in [4.78, 5) is 27.0. The molecule has 8 nitrogen and oxygen atoms in total. The summed E-state index contributed by atoms with van der Waals surface area (Å²) in [5.74, 6) is -2.00. The molecule has 162 valence electrons. The topological polar surface area (TPSA) is 131 Å². The number of carbonyl (C=O) groups excluding carboxylic acids is 2. The van der Waals surface area contributed by atoms with Crippen LogP contribution in [0.25, 0.3) is 0 Å². The van der Waals surface area contributed by atoms with E-state index >= 15 is 0 Å². The Hall–Kier alpha value is -2.82. The van der Waals surface area contributed by atoms with Crippen LogP contribution in [0.15, 0.2) is 40.9 Å². The molecule has 2 amide bonds. The second-order valence-electron chi connectivity index (χ2n) is 8.03. The molecule has 0 bridgehead atoms. The predicted octanol–water partition coefficient (Wildman–Crippen LogP) is 1.97. The Labute approximate surface area is 185 Å². The molecule has 1 saturated heterocycles. The maximum Gasteiger partial charge on any atom is 0.243 e. The maximum absolute atomic E-state index is 13.2. The van der Waals surface area contributed by atoms with E-state index in [-0.39, 0.29) is 33.8 Å². The fourth-order valence-corrected chi connectivity index (χ4v) is 6.60. The number of para-hydroxylation sites is 1. The van der Waals surface area contributed by atoms with Crippen LogP contribution in [0.1, 0.15) is 20.3 Å². The van der Waals surface area contributed by atoms with Gasteiger partial charge in [-0.3, -0.25) is 9.59 Å².